The molecule has 0 bridgehead atoms. The lowest BCUT2D eigenvalue weighted by atomic mass is 9.97. The van der Waals surface area contributed by atoms with Crippen LogP contribution in [0.1, 0.15) is 27.1 Å². The van der Waals surface area contributed by atoms with Crippen molar-refractivity contribution in [1.82, 2.24) is 10.2 Å². The highest BCUT2D eigenvalue weighted by Gasteiger charge is 2.37. The van der Waals surface area contributed by atoms with Crippen LogP contribution in [0, 0.1) is 5.92 Å². The van der Waals surface area contributed by atoms with E-state index >= 15 is 0 Å². The van der Waals surface area contributed by atoms with Crippen molar-refractivity contribution < 1.29 is 14.3 Å². The van der Waals surface area contributed by atoms with E-state index in [9.17, 15) is 9.59 Å². The van der Waals surface area contributed by atoms with Crippen LogP contribution in [-0.2, 0) is 4.74 Å². The summed E-state index contributed by atoms with van der Waals surface area (Å²) in [7, 11) is 1.69. The number of carbonyl (C=O) groups is 2. The number of rotatable bonds is 3. The number of amides is 2. The number of fused-ring (bicyclic) bond motifs is 1. The van der Waals surface area contributed by atoms with Crippen LogP contribution in [0.4, 0.5) is 0 Å². The number of imide groups is 1. The molecule has 2 amide bonds. The number of ether oxygens (including phenoxy) is 1. The van der Waals surface area contributed by atoms with Gasteiger partial charge in [0.1, 0.15) is 0 Å². The van der Waals surface area contributed by atoms with Gasteiger partial charge in [-0.3, -0.25) is 14.5 Å². The summed E-state index contributed by atoms with van der Waals surface area (Å²) >= 11 is 0. The Morgan fingerprint density at radius 3 is 2.45 bits per heavy atom. The van der Waals surface area contributed by atoms with Gasteiger partial charge in [0, 0.05) is 20.2 Å². The fourth-order valence-electron chi connectivity index (χ4n) is 2.97. The lowest BCUT2D eigenvalue weighted by Gasteiger charge is -2.31. The molecule has 2 aliphatic heterocycles. The second kappa shape index (κ2) is 5.34. The first-order valence-electron chi connectivity index (χ1n) is 6.89. The number of hydrogen-bond acceptors (Lipinski definition) is 4. The zero-order valence-electron chi connectivity index (χ0n) is 11.5. The molecule has 1 N–H and O–H groups in total. The van der Waals surface area contributed by atoms with E-state index < -0.39 is 0 Å². The predicted octanol–water partition coefficient (Wildman–Crippen LogP) is 0.907. The SMILES string of the molecule is COC1CNCC(CN2C(=O)c3ccccc3C2=O)C1. The molecule has 0 saturated carbocycles. The number of benzene rings is 1. The van der Waals surface area contributed by atoms with Crippen molar-refractivity contribution in [2.75, 3.05) is 26.7 Å². The molecule has 5 nitrogen and oxygen atoms in total. The van der Waals surface area contributed by atoms with Crippen LogP contribution in [0.25, 0.3) is 0 Å². The maximum absolute atomic E-state index is 12.3. The molecular weight excluding hydrogens is 256 g/mol. The third kappa shape index (κ3) is 2.23. The Balaban J connectivity index is 1.73. The Morgan fingerprint density at radius 1 is 1.20 bits per heavy atom. The van der Waals surface area contributed by atoms with Gasteiger partial charge in [0.05, 0.1) is 17.2 Å². The van der Waals surface area contributed by atoms with Crippen molar-refractivity contribution in [2.45, 2.75) is 12.5 Å². The van der Waals surface area contributed by atoms with Crippen LogP contribution in [0.3, 0.4) is 0 Å². The number of methoxy groups -OCH3 is 1. The predicted molar refractivity (Wildman–Crippen MR) is 73.6 cm³/mol. The minimum absolute atomic E-state index is 0.156. The summed E-state index contributed by atoms with van der Waals surface area (Å²) in [5.41, 5.74) is 1.04. The van der Waals surface area contributed by atoms with Gasteiger partial charge in [0.15, 0.2) is 0 Å². The summed E-state index contributed by atoms with van der Waals surface area (Å²) in [5, 5.41) is 3.29. The van der Waals surface area contributed by atoms with Gasteiger partial charge >= 0.3 is 0 Å². The van der Waals surface area contributed by atoms with Gasteiger partial charge in [-0.2, -0.15) is 0 Å². The number of carbonyl (C=O) groups excluding carboxylic acids is 2. The normalized spacial score (nSPS) is 25.9. The van der Waals surface area contributed by atoms with Crippen molar-refractivity contribution in [3.8, 4) is 0 Å². The van der Waals surface area contributed by atoms with E-state index in [0.29, 0.717) is 17.7 Å². The highest BCUT2D eigenvalue weighted by atomic mass is 16.5. The summed E-state index contributed by atoms with van der Waals surface area (Å²) < 4.78 is 5.35. The Labute approximate surface area is 117 Å². The van der Waals surface area contributed by atoms with E-state index in [4.69, 9.17) is 4.74 Å². The van der Waals surface area contributed by atoms with E-state index in [2.05, 4.69) is 5.32 Å². The van der Waals surface area contributed by atoms with E-state index in [0.717, 1.165) is 19.5 Å². The molecule has 106 valence electrons. The van der Waals surface area contributed by atoms with Crippen molar-refractivity contribution in [3.63, 3.8) is 0 Å². The van der Waals surface area contributed by atoms with Crippen LogP contribution in [0.2, 0.25) is 0 Å². The van der Waals surface area contributed by atoms with Crippen LogP contribution in [0.5, 0.6) is 0 Å². The second-order valence-electron chi connectivity index (χ2n) is 5.38. The fourth-order valence-corrected chi connectivity index (χ4v) is 2.97. The van der Waals surface area contributed by atoms with Crippen molar-refractivity contribution in [1.29, 1.82) is 0 Å². The van der Waals surface area contributed by atoms with Crippen molar-refractivity contribution in [2.24, 2.45) is 5.92 Å². The molecule has 0 radical (unpaired) electrons. The number of hydrogen-bond donors (Lipinski definition) is 1. The van der Waals surface area contributed by atoms with Gasteiger partial charge in [-0.15, -0.1) is 0 Å². The lowest BCUT2D eigenvalue weighted by molar-refractivity contribution is 0.0446. The van der Waals surface area contributed by atoms with E-state index in [1.54, 1.807) is 31.4 Å². The third-order valence-electron chi connectivity index (χ3n) is 4.05. The van der Waals surface area contributed by atoms with Gasteiger partial charge < -0.3 is 10.1 Å². The second-order valence-corrected chi connectivity index (χ2v) is 5.38. The average molecular weight is 274 g/mol. The lowest BCUT2D eigenvalue weighted by Crippen LogP contribution is -2.46. The summed E-state index contributed by atoms with van der Waals surface area (Å²) in [6, 6.07) is 7.01. The first-order valence-corrected chi connectivity index (χ1v) is 6.89. The molecule has 3 rings (SSSR count). The Kier molecular flexibility index (Phi) is 3.54. The van der Waals surface area contributed by atoms with Gasteiger partial charge in [-0.1, -0.05) is 12.1 Å². The van der Waals surface area contributed by atoms with Gasteiger partial charge in [-0.05, 0) is 31.0 Å². The molecule has 0 aromatic heterocycles. The first kappa shape index (κ1) is 13.3. The maximum atomic E-state index is 12.3. The largest absolute Gasteiger partial charge is 0.380 e. The molecular formula is C15H18N2O3. The smallest absolute Gasteiger partial charge is 0.261 e. The molecule has 1 aromatic rings. The Bertz CT molecular complexity index is 509. The molecule has 20 heavy (non-hydrogen) atoms. The van der Waals surface area contributed by atoms with Crippen LogP contribution in [-0.4, -0.2) is 49.6 Å². The van der Waals surface area contributed by atoms with Gasteiger partial charge in [-0.25, -0.2) is 0 Å². The molecule has 1 fully saturated rings. The molecule has 1 saturated heterocycles. The topological polar surface area (TPSA) is 58.6 Å². The first-order chi connectivity index (χ1) is 9.70. The van der Waals surface area contributed by atoms with Crippen molar-refractivity contribution >= 4 is 11.8 Å². The third-order valence-corrected chi connectivity index (χ3v) is 4.05. The average Bonchev–Trinajstić information content (AvgIpc) is 2.73. The molecule has 2 atom stereocenters. The Hall–Kier alpha value is -1.72. The summed E-state index contributed by atoms with van der Waals surface area (Å²) in [5.74, 6) is -0.105. The highest BCUT2D eigenvalue weighted by molar-refractivity contribution is 6.21. The highest BCUT2D eigenvalue weighted by Crippen LogP contribution is 2.25. The molecule has 1 aromatic carbocycles. The minimum atomic E-state index is -0.176. The number of nitrogens with zero attached hydrogens (tertiary/aromatic N) is 1. The van der Waals surface area contributed by atoms with E-state index in [1.807, 2.05) is 0 Å². The zero-order chi connectivity index (χ0) is 14.1. The number of piperidine rings is 1. The Morgan fingerprint density at radius 2 is 1.85 bits per heavy atom. The summed E-state index contributed by atoms with van der Waals surface area (Å²) in [6.07, 6.45) is 1.03. The minimum Gasteiger partial charge on any atom is -0.380 e. The summed E-state index contributed by atoms with van der Waals surface area (Å²) in [6.45, 7) is 2.10. The molecule has 5 heteroatoms. The van der Waals surface area contributed by atoms with E-state index in [1.165, 1.54) is 4.90 Å². The molecule has 2 unspecified atom stereocenters. The zero-order valence-corrected chi connectivity index (χ0v) is 11.5. The fraction of sp³-hybridized carbons (Fsp3) is 0.467. The molecule has 0 aliphatic carbocycles. The maximum Gasteiger partial charge on any atom is 0.261 e. The van der Waals surface area contributed by atoms with Crippen LogP contribution >= 0.6 is 0 Å². The quantitative estimate of drug-likeness (QED) is 0.832. The van der Waals surface area contributed by atoms with Gasteiger partial charge in [0.2, 0.25) is 0 Å². The van der Waals surface area contributed by atoms with Crippen LogP contribution < -0.4 is 5.32 Å². The molecule has 2 aliphatic rings. The van der Waals surface area contributed by atoms with Gasteiger partial charge in [0.25, 0.3) is 11.8 Å². The van der Waals surface area contributed by atoms with Crippen LogP contribution in [0.15, 0.2) is 24.3 Å². The monoisotopic (exact) mass is 274 g/mol. The molecule has 0 spiro atoms. The van der Waals surface area contributed by atoms with Crippen molar-refractivity contribution in [3.05, 3.63) is 35.4 Å². The molecule has 2 heterocycles. The standard InChI is InChI=1S/C15H18N2O3/c1-20-11-6-10(7-16-8-11)9-17-14(18)12-4-2-3-5-13(12)15(17)19/h2-5,10-11,16H,6-9H2,1H3. The van der Waals surface area contributed by atoms with E-state index in [-0.39, 0.29) is 23.8 Å². The number of nitrogens with one attached hydrogen (secondary N) is 1. The summed E-state index contributed by atoms with van der Waals surface area (Å²) in [4.78, 5) is 25.9.